The molecule has 6 heteroatoms. The molecule has 0 bridgehead atoms. The van der Waals surface area contributed by atoms with Crippen LogP contribution in [0.25, 0.3) is 11.3 Å². The number of aryl methyl sites for hydroxylation is 1. The minimum absolute atomic E-state index is 0.0717. The third kappa shape index (κ3) is 5.10. The summed E-state index contributed by atoms with van der Waals surface area (Å²) in [6.07, 6.45) is 0. The van der Waals surface area contributed by atoms with Crippen LogP contribution in [0, 0.1) is 12.8 Å². The molecule has 0 saturated heterocycles. The van der Waals surface area contributed by atoms with E-state index in [2.05, 4.69) is 15.8 Å². The summed E-state index contributed by atoms with van der Waals surface area (Å²) in [6.45, 7) is 5.85. The lowest BCUT2D eigenvalue weighted by Gasteiger charge is -2.22. The van der Waals surface area contributed by atoms with E-state index in [1.807, 2.05) is 63.2 Å². The largest absolute Gasteiger partial charge is 0.359 e. The highest BCUT2D eigenvalue weighted by atomic mass is 16.5. The van der Waals surface area contributed by atoms with Gasteiger partial charge in [0.05, 0.1) is 6.54 Å². The van der Waals surface area contributed by atoms with Crippen LogP contribution in [0.1, 0.15) is 35.5 Å². The number of rotatable bonds is 7. The average Bonchev–Trinajstić information content (AvgIpc) is 3.20. The molecule has 3 aromatic rings. The molecule has 0 aliphatic heterocycles. The summed E-state index contributed by atoms with van der Waals surface area (Å²) in [6, 6.07) is 18.1. The molecule has 0 aliphatic carbocycles. The Balaban J connectivity index is 1.62. The number of aromatic nitrogens is 1. The van der Waals surface area contributed by atoms with Gasteiger partial charge in [0.15, 0.2) is 5.76 Å². The first-order valence-electron chi connectivity index (χ1n) is 9.61. The summed E-state index contributed by atoms with van der Waals surface area (Å²) in [7, 11) is 0. The van der Waals surface area contributed by atoms with E-state index in [0.717, 1.165) is 11.1 Å². The van der Waals surface area contributed by atoms with Crippen molar-refractivity contribution in [1.29, 1.82) is 0 Å². The van der Waals surface area contributed by atoms with Crippen molar-refractivity contribution in [2.75, 3.05) is 0 Å². The molecular formula is C23H25N3O3. The monoisotopic (exact) mass is 391 g/mol. The molecule has 3 rings (SSSR count). The molecule has 0 fully saturated rings. The summed E-state index contributed by atoms with van der Waals surface area (Å²) in [5.74, 6) is -0.0508. The zero-order valence-corrected chi connectivity index (χ0v) is 16.8. The number of nitrogens with one attached hydrogen (secondary N) is 2. The van der Waals surface area contributed by atoms with Crippen LogP contribution in [0.4, 0.5) is 0 Å². The van der Waals surface area contributed by atoms with Gasteiger partial charge in [-0.15, -0.1) is 0 Å². The SMILES string of the molecule is Cc1ccccc1C(=O)NC(C(=O)NCc1cc(-c2ccccc2)no1)C(C)C. The van der Waals surface area contributed by atoms with Gasteiger partial charge in [0.2, 0.25) is 5.91 Å². The fourth-order valence-electron chi connectivity index (χ4n) is 3.01. The molecule has 1 unspecified atom stereocenters. The van der Waals surface area contributed by atoms with Crippen LogP contribution in [0.5, 0.6) is 0 Å². The Hall–Kier alpha value is -3.41. The Bertz CT molecular complexity index is 980. The summed E-state index contributed by atoms with van der Waals surface area (Å²) in [5, 5.41) is 9.72. The van der Waals surface area contributed by atoms with Crippen molar-refractivity contribution in [1.82, 2.24) is 15.8 Å². The summed E-state index contributed by atoms with van der Waals surface area (Å²) >= 11 is 0. The van der Waals surface area contributed by atoms with Crippen LogP contribution in [0.3, 0.4) is 0 Å². The Labute approximate surface area is 170 Å². The van der Waals surface area contributed by atoms with E-state index in [0.29, 0.717) is 17.0 Å². The molecule has 2 amide bonds. The minimum Gasteiger partial charge on any atom is -0.359 e. The van der Waals surface area contributed by atoms with Gasteiger partial charge in [-0.3, -0.25) is 9.59 Å². The van der Waals surface area contributed by atoms with E-state index in [1.165, 1.54) is 0 Å². The third-order valence-corrected chi connectivity index (χ3v) is 4.69. The maximum Gasteiger partial charge on any atom is 0.252 e. The number of amides is 2. The Morgan fingerprint density at radius 2 is 1.72 bits per heavy atom. The van der Waals surface area contributed by atoms with Gasteiger partial charge in [0.25, 0.3) is 5.91 Å². The van der Waals surface area contributed by atoms with Crippen LogP contribution >= 0.6 is 0 Å². The highest BCUT2D eigenvalue weighted by molar-refractivity contribution is 5.98. The van der Waals surface area contributed by atoms with E-state index in [4.69, 9.17) is 4.52 Å². The molecule has 0 saturated carbocycles. The fourth-order valence-corrected chi connectivity index (χ4v) is 3.01. The summed E-state index contributed by atoms with van der Waals surface area (Å²) in [5.41, 5.74) is 3.08. The van der Waals surface area contributed by atoms with Crippen LogP contribution in [-0.4, -0.2) is 23.0 Å². The second-order valence-electron chi connectivity index (χ2n) is 7.27. The van der Waals surface area contributed by atoms with Crippen molar-refractivity contribution < 1.29 is 14.1 Å². The van der Waals surface area contributed by atoms with Gasteiger partial charge < -0.3 is 15.2 Å². The van der Waals surface area contributed by atoms with Crippen LogP contribution < -0.4 is 10.6 Å². The van der Waals surface area contributed by atoms with E-state index < -0.39 is 6.04 Å². The minimum atomic E-state index is -0.654. The van der Waals surface area contributed by atoms with Crippen molar-refractivity contribution in [2.24, 2.45) is 5.92 Å². The number of carbonyl (C=O) groups excluding carboxylic acids is 2. The maximum absolute atomic E-state index is 12.7. The van der Waals surface area contributed by atoms with Crippen molar-refractivity contribution in [2.45, 2.75) is 33.4 Å². The normalized spacial score (nSPS) is 11.9. The van der Waals surface area contributed by atoms with E-state index in [9.17, 15) is 9.59 Å². The van der Waals surface area contributed by atoms with Gasteiger partial charge in [-0.05, 0) is 24.5 Å². The predicted octanol–water partition coefficient (Wildman–Crippen LogP) is 3.72. The third-order valence-electron chi connectivity index (χ3n) is 4.69. The van der Waals surface area contributed by atoms with Crippen molar-refractivity contribution in [3.8, 4) is 11.3 Å². The fraction of sp³-hybridized carbons (Fsp3) is 0.261. The molecule has 0 spiro atoms. The molecule has 29 heavy (non-hydrogen) atoms. The van der Waals surface area contributed by atoms with Gasteiger partial charge in [0, 0.05) is 17.2 Å². The Morgan fingerprint density at radius 1 is 1.03 bits per heavy atom. The molecular weight excluding hydrogens is 366 g/mol. The summed E-state index contributed by atoms with van der Waals surface area (Å²) in [4.78, 5) is 25.3. The van der Waals surface area contributed by atoms with Gasteiger partial charge in [-0.1, -0.05) is 67.5 Å². The molecule has 1 heterocycles. The van der Waals surface area contributed by atoms with Crippen molar-refractivity contribution >= 4 is 11.8 Å². The molecule has 2 aromatic carbocycles. The standard InChI is InChI=1S/C23H25N3O3/c1-15(2)21(25-22(27)19-12-8-7-9-16(19)3)23(28)24-14-18-13-20(26-29-18)17-10-5-4-6-11-17/h4-13,15,21H,14H2,1-3H3,(H,24,28)(H,25,27). The van der Waals surface area contributed by atoms with E-state index in [-0.39, 0.29) is 24.3 Å². The predicted molar refractivity (Wildman–Crippen MR) is 111 cm³/mol. The number of hydrogen-bond donors (Lipinski definition) is 2. The van der Waals surface area contributed by atoms with Crippen molar-refractivity contribution in [3.05, 3.63) is 77.6 Å². The van der Waals surface area contributed by atoms with Crippen LogP contribution in [-0.2, 0) is 11.3 Å². The molecule has 6 nitrogen and oxygen atoms in total. The quantitative estimate of drug-likeness (QED) is 0.643. The van der Waals surface area contributed by atoms with Gasteiger partial charge in [-0.25, -0.2) is 0 Å². The molecule has 2 N–H and O–H groups in total. The van der Waals surface area contributed by atoms with Crippen molar-refractivity contribution in [3.63, 3.8) is 0 Å². The first-order chi connectivity index (χ1) is 14.0. The first-order valence-corrected chi connectivity index (χ1v) is 9.61. The zero-order chi connectivity index (χ0) is 20.8. The zero-order valence-electron chi connectivity index (χ0n) is 16.8. The lowest BCUT2D eigenvalue weighted by molar-refractivity contribution is -0.124. The number of carbonyl (C=O) groups is 2. The number of hydrogen-bond acceptors (Lipinski definition) is 4. The van der Waals surface area contributed by atoms with Gasteiger partial charge in [0.1, 0.15) is 11.7 Å². The van der Waals surface area contributed by atoms with E-state index >= 15 is 0 Å². The first kappa shape index (κ1) is 20.3. The highest BCUT2D eigenvalue weighted by Crippen LogP contribution is 2.18. The molecule has 1 atom stereocenters. The van der Waals surface area contributed by atoms with Crippen LogP contribution in [0.2, 0.25) is 0 Å². The van der Waals surface area contributed by atoms with Gasteiger partial charge in [-0.2, -0.15) is 0 Å². The highest BCUT2D eigenvalue weighted by Gasteiger charge is 2.25. The lowest BCUT2D eigenvalue weighted by atomic mass is 10.0. The summed E-state index contributed by atoms with van der Waals surface area (Å²) < 4.78 is 5.32. The topological polar surface area (TPSA) is 84.2 Å². The molecule has 0 aliphatic rings. The smallest absolute Gasteiger partial charge is 0.252 e. The average molecular weight is 391 g/mol. The lowest BCUT2D eigenvalue weighted by Crippen LogP contribution is -2.49. The maximum atomic E-state index is 12.7. The van der Waals surface area contributed by atoms with E-state index in [1.54, 1.807) is 18.2 Å². The van der Waals surface area contributed by atoms with Crippen LogP contribution in [0.15, 0.2) is 65.2 Å². The number of benzene rings is 2. The Kier molecular flexibility index (Phi) is 6.44. The molecule has 150 valence electrons. The van der Waals surface area contributed by atoms with Gasteiger partial charge >= 0.3 is 0 Å². The second kappa shape index (κ2) is 9.19. The second-order valence-corrected chi connectivity index (χ2v) is 7.27. The number of nitrogens with zero attached hydrogens (tertiary/aromatic N) is 1. The Morgan fingerprint density at radius 3 is 2.41 bits per heavy atom. The molecule has 1 aromatic heterocycles. The molecule has 0 radical (unpaired) electrons.